The van der Waals surface area contributed by atoms with Gasteiger partial charge in [-0.2, -0.15) is 0 Å². The van der Waals surface area contributed by atoms with Gasteiger partial charge in [-0.05, 0) is 44.2 Å². The Morgan fingerprint density at radius 2 is 1.97 bits per heavy atom. The van der Waals surface area contributed by atoms with Gasteiger partial charge in [-0.1, -0.05) is 11.6 Å². The Morgan fingerprint density at radius 3 is 2.66 bits per heavy atom. The summed E-state index contributed by atoms with van der Waals surface area (Å²) < 4.78 is 24.3. The second kappa shape index (κ2) is 8.63. The van der Waals surface area contributed by atoms with Gasteiger partial charge in [0.25, 0.3) is 5.91 Å². The molecule has 1 amide bonds. The Morgan fingerprint density at radius 1 is 1.21 bits per heavy atom. The highest BCUT2D eigenvalue weighted by atomic mass is 35.5. The predicted molar refractivity (Wildman–Crippen MR) is 108 cm³/mol. The molecular weight excluding hydrogens is 401 g/mol. The number of benzene rings is 2. The number of aliphatic hydroxyl groups excluding tert-OH is 1. The number of ether oxygens (including phenoxy) is 1. The molecule has 152 valence electrons. The molecule has 1 heterocycles. The average Bonchev–Trinajstić information content (AvgIpc) is 2.67. The van der Waals surface area contributed by atoms with E-state index in [2.05, 4.69) is 5.32 Å². The largest absolute Gasteiger partial charge is 0.481 e. The van der Waals surface area contributed by atoms with Crippen molar-refractivity contribution in [3.8, 4) is 16.9 Å². The molecule has 0 aliphatic heterocycles. The first-order valence-corrected chi connectivity index (χ1v) is 9.27. The van der Waals surface area contributed by atoms with Gasteiger partial charge in [0.1, 0.15) is 17.1 Å². The second-order valence-electron chi connectivity index (χ2n) is 6.61. The van der Waals surface area contributed by atoms with E-state index in [1.54, 1.807) is 26.0 Å². The van der Waals surface area contributed by atoms with E-state index in [1.807, 2.05) is 0 Å². The van der Waals surface area contributed by atoms with Crippen molar-refractivity contribution >= 4 is 28.5 Å². The van der Waals surface area contributed by atoms with Crippen LogP contribution in [0.25, 0.3) is 22.1 Å². The van der Waals surface area contributed by atoms with Crippen LogP contribution < -0.4 is 15.7 Å². The van der Waals surface area contributed by atoms with E-state index in [1.165, 1.54) is 30.3 Å². The lowest BCUT2D eigenvalue weighted by atomic mass is 10.0. The Balaban J connectivity index is 1.95. The van der Waals surface area contributed by atoms with Crippen LogP contribution in [0.3, 0.4) is 0 Å². The highest BCUT2D eigenvalue weighted by Gasteiger charge is 2.18. The molecule has 0 bridgehead atoms. The third-order valence-electron chi connectivity index (χ3n) is 4.28. The van der Waals surface area contributed by atoms with E-state index in [4.69, 9.17) is 25.9 Å². The summed E-state index contributed by atoms with van der Waals surface area (Å²) in [5.74, 6) is -0.549. The van der Waals surface area contributed by atoms with Crippen LogP contribution in [0.2, 0.25) is 5.02 Å². The molecule has 29 heavy (non-hydrogen) atoms. The van der Waals surface area contributed by atoms with Crippen LogP contribution >= 0.6 is 11.6 Å². The molecule has 0 saturated heterocycles. The topological polar surface area (TPSA) is 88.8 Å². The summed E-state index contributed by atoms with van der Waals surface area (Å²) in [5.41, 5.74) is 0.620. The van der Waals surface area contributed by atoms with Crippen LogP contribution in [-0.4, -0.2) is 29.8 Å². The summed E-state index contributed by atoms with van der Waals surface area (Å²) in [6, 6.07) is 9.60. The molecule has 0 radical (unpaired) electrons. The van der Waals surface area contributed by atoms with E-state index in [9.17, 15) is 14.0 Å². The lowest BCUT2D eigenvalue weighted by Gasteiger charge is -2.17. The Labute approximate surface area is 170 Å². The number of carbonyl (C=O) groups is 1. The van der Waals surface area contributed by atoms with Crippen LogP contribution in [0.5, 0.6) is 5.75 Å². The number of nitrogens with one attached hydrogen (secondary N) is 1. The smallest absolute Gasteiger partial charge is 0.336 e. The molecule has 8 heteroatoms. The summed E-state index contributed by atoms with van der Waals surface area (Å²) in [5, 5.41) is 12.4. The minimum Gasteiger partial charge on any atom is -0.481 e. The maximum absolute atomic E-state index is 13.4. The molecule has 2 N–H and O–H groups in total. The van der Waals surface area contributed by atoms with Crippen molar-refractivity contribution in [2.75, 3.05) is 6.61 Å². The molecule has 3 aromatic rings. The van der Waals surface area contributed by atoms with Gasteiger partial charge >= 0.3 is 5.63 Å². The molecule has 0 spiro atoms. The van der Waals surface area contributed by atoms with E-state index in [0.29, 0.717) is 22.3 Å². The van der Waals surface area contributed by atoms with E-state index < -0.39 is 23.6 Å². The second-order valence-corrected chi connectivity index (χ2v) is 7.02. The van der Waals surface area contributed by atoms with Crippen LogP contribution in [0.4, 0.5) is 4.39 Å². The third-order valence-corrected chi connectivity index (χ3v) is 4.59. The lowest BCUT2D eigenvalue weighted by Crippen LogP contribution is -2.42. The summed E-state index contributed by atoms with van der Waals surface area (Å²) in [4.78, 5) is 24.1. The van der Waals surface area contributed by atoms with Gasteiger partial charge < -0.3 is 19.6 Å². The van der Waals surface area contributed by atoms with Crippen molar-refractivity contribution in [1.29, 1.82) is 0 Å². The van der Waals surface area contributed by atoms with Crippen LogP contribution in [0, 0.1) is 5.82 Å². The number of aliphatic hydroxyl groups is 1. The van der Waals surface area contributed by atoms with Crippen LogP contribution in [0.1, 0.15) is 13.8 Å². The molecule has 1 aromatic heterocycles. The number of hydrogen-bond donors (Lipinski definition) is 2. The number of amides is 1. The molecule has 0 aliphatic rings. The Bertz CT molecular complexity index is 1110. The van der Waals surface area contributed by atoms with Gasteiger partial charge in [-0.3, -0.25) is 4.79 Å². The van der Waals surface area contributed by atoms with Crippen LogP contribution in [0.15, 0.2) is 51.7 Å². The number of carbonyl (C=O) groups excluding carboxylic acids is 1. The monoisotopic (exact) mass is 419 g/mol. The Kier molecular flexibility index (Phi) is 6.20. The van der Waals surface area contributed by atoms with Crippen molar-refractivity contribution in [2.24, 2.45) is 0 Å². The molecule has 0 unspecified atom stereocenters. The summed E-state index contributed by atoms with van der Waals surface area (Å²) in [7, 11) is 0. The summed E-state index contributed by atoms with van der Waals surface area (Å²) in [6.45, 7) is 3.04. The zero-order valence-electron chi connectivity index (χ0n) is 15.7. The van der Waals surface area contributed by atoms with Crippen molar-refractivity contribution in [1.82, 2.24) is 5.32 Å². The first kappa shape index (κ1) is 20.8. The number of fused-ring (bicyclic) bond motifs is 1. The molecule has 0 fully saturated rings. The quantitative estimate of drug-likeness (QED) is 0.597. The van der Waals surface area contributed by atoms with Gasteiger partial charge in [0.2, 0.25) is 0 Å². The highest BCUT2D eigenvalue weighted by Crippen LogP contribution is 2.34. The minimum atomic E-state index is -0.831. The normalized spacial score (nSPS) is 13.1. The van der Waals surface area contributed by atoms with Crippen molar-refractivity contribution < 1.29 is 23.4 Å². The zero-order valence-corrected chi connectivity index (χ0v) is 16.5. The first-order valence-electron chi connectivity index (χ1n) is 8.89. The van der Waals surface area contributed by atoms with E-state index >= 15 is 0 Å². The molecular formula is C21H19ClFNO5. The SMILES string of the molecule is C[C@@H](CO)NC(=O)[C@@H](C)Oc1ccc2c(-c3ccc(F)cc3Cl)cc(=O)oc2c1. The van der Waals surface area contributed by atoms with Crippen molar-refractivity contribution in [2.45, 2.75) is 26.0 Å². The van der Waals surface area contributed by atoms with Gasteiger partial charge in [0.15, 0.2) is 6.10 Å². The van der Waals surface area contributed by atoms with Gasteiger partial charge in [-0.15, -0.1) is 0 Å². The Hall–Kier alpha value is -2.90. The molecule has 3 rings (SSSR count). The highest BCUT2D eigenvalue weighted by molar-refractivity contribution is 6.33. The average molecular weight is 420 g/mol. The molecule has 2 aromatic carbocycles. The lowest BCUT2D eigenvalue weighted by molar-refractivity contribution is -0.128. The first-order chi connectivity index (χ1) is 13.8. The van der Waals surface area contributed by atoms with Crippen molar-refractivity contribution in [3.05, 3.63) is 63.7 Å². The van der Waals surface area contributed by atoms with Gasteiger partial charge in [0, 0.05) is 34.7 Å². The summed E-state index contributed by atoms with van der Waals surface area (Å²) >= 11 is 6.15. The number of halogens is 2. The standard InChI is InChI=1S/C21H19ClFNO5/c1-11(10-25)24-21(27)12(2)28-14-4-6-16-17(9-20(26)29-19(16)8-14)15-5-3-13(23)7-18(15)22/h3-9,11-12,25H,10H2,1-2H3,(H,24,27)/t11-,12+/m0/s1. The summed E-state index contributed by atoms with van der Waals surface area (Å²) in [6.07, 6.45) is -0.831. The molecule has 0 saturated carbocycles. The fraction of sp³-hybridized carbons (Fsp3) is 0.238. The van der Waals surface area contributed by atoms with Gasteiger partial charge in [-0.25, -0.2) is 9.18 Å². The third kappa shape index (κ3) is 4.75. The predicted octanol–water partition coefficient (Wildman–Crippen LogP) is 3.52. The van der Waals surface area contributed by atoms with E-state index in [-0.39, 0.29) is 23.1 Å². The molecule has 0 aliphatic carbocycles. The van der Waals surface area contributed by atoms with Gasteiger partial charge in [0.05, 0.1) is 11.6 Å². The van der Waals surface area contributed by atoms with Crippen LogP contribution in [-0.2, 0) is 4.79 Å². The number of hydrogen-bond acceptors (Lipinski definition) is 5. The van der Waals surface area contributed by atoms with Crippen molar-refractivity contribution in [3.63, 3.8) is 0 Å². The fourth-order valence-corrected chi connectivity index (χ4v) is 3.08. The fourth-order valence-electron chi connectivity index (χ4n) is 2.81. The molecule has 2 atom stereocenters. The maximum Gasteiger partial charge on any atom is 0.336 e. The minimum absolute atomic E-state index is 0.167. The number of rotatable bonds is 6. The van der Waals surface area contributed by atoms with E-state index in [0.717, 1.165) is 0 Å². The zero-order chi connectivity index (χ0) is 21.1. The maximum atomic E-state index is 13.4. The molecule has 6 nitrogen and oxygen atoms in total.